The first-order chi connectivity index (χ1) is 13.2. The van der Waals surface area contributed by atoms with Crippen LogP contribution in [0.2, 0.25) is 0 Å². The van der Waals surface area contributed by atoms with Crippen LogP contribution in [0.5, 0.6) is 0 Å². The number of carbonyl (C=O) groups is 2. The standard InChI is InChI=1S/C22H33NO5/c1-18(15-24)14-22(27-17-26-16-19-8-6-5-7-9-19)10-12-23(13-11-22)20(25)28-21(2,3)4/h5-9,15,18H,10-14,16-17H2,1-4H3. The molecule has 1 unspecified atom stereocenters. The molecule has 1 amide bonds. The van der Waals surface area contributed by atoms with Gasteiger partial charge in [0.15, 0.2) is 0 Å². The minimum atomic E-state index is -0.514. The lowest BCUT2D eigenvalue weighted by Gasteiger charge is -2.42. The normalized spacial score (nSPS) is 17.8. The van der Waals surface area contributed by atoms with E-state index in [1.54, 1.807) is 4.90 Å². The molecule has 2 rings (SSSR count). The van der Waals surface area contributed by atoms with E-state index in [1.165, 1.54) is 0 Å². The van der Waals surface area contributed by atoms with Crippen molar-refractivity contribution < 1.29 is 23.8 Å². The summed E-state index contributed by atoms with van der Waals surface area (Å²) >= 11 is 0. The van der Waals surface area contributed by atoms with E-state index in [0.717, 1.165) is 11.8 Å². The molecule has 6 heteroatoms. The molecule has 0 aliphatic carbocycles. The zero-order valence-corrected chi connectivity index (χ0v) is 17.5. The van der Waals surface area contributed by atoms with Gasteiger partial charge in [-0.3, -0.25) is 0 Å². The van der Waals surface area contributed by atoms with Crippen molar-refractivity contribution in [3.63, 3.8) is 0 Å². The second-order valence-corrected chi connectivity index (χ2v) is 8.56. The van der Waals surface area contributed by atoms with Crippen LogP contribution in [0.1, 0.15) is 52.5 Å². The van der Waals surface area contributed by atoms with Gasteiger partial charge in [0.2, 0.25) is 0 Å². The first-order valence-corrected chi connectivity index (χ1v) is 9.92. The lowest BCUT2D eigenvalue weighted by Crippen LogP contribution is -2.50. The molecule has 1 aromatic rings. The maximum atomic E-state index is 12.3. The first-order valence-electron chi connectivity index (χ1n) is 9.92. The van der Waals surface area contributed by atoms with Crippen LogP contribution < -0.4 is 0 Å². The third-order valence-electron chi connectivity index (χ3n) is 4.81. The summed E-state index contributed by atoms with van der Waals surface area (Å²) in [5, 5.41) is 0. The quantitative estimate of drug-likeness (QED) is 0.378. The average molecular weight is 392 g/mol. The van der Waals surface area contributed by atoms with Crippen LogP contribution in [0.15, 0.2) is 30.3 Å². The van der Waals surface area contributed by atoms with Gasteiger partial charge in [0.25, 0.3) is 0 Å². The Balaban J connectivity index is 1.89. The molecule has 1 aliphatic rings. The SMILES string of the molecule is CC(C=O)CC1(OCOCc2ccccc2)CCN(C(=O)OC(C)(C)C)CC1. The monoisotopic (exact) mass is 391 g/mol. The summed E-state index contributed by atoms with van der Waals surface area (Å²) in [5.41, 5.74) is 0.107. The lowest BCUT2D eigenvalue weighted by molar-refractivity contribution is -0.171. The minimum Gasteiger partial charge on any atom is -0.444 e. The molecule has 1 aliphatic heterocycles. The van der Waals surface area contributed by atoms with Crippen LogP contribution in [0.4, 0.5) is 4.79 Å². The number of nitrogens with zero attached hydrogens (tertiary/aromatic N) is 1. The van der Waals surface area contributed by atoms with E-state index in [2.05, 4.69) is 0 Å². The number of carbonyl (C=O) groups excluding carboxylic acids is 2. The molecule has 1 saturated heterocycles. The van der Waals surface area contributed by atoms with Gasteiger partial charge in [-0.1, -0.05) is 37.3 Å². The highest BCUT2D eigenvalue weighted by Gasteiger charge is 2.39. The van der Waals surface area contributed by atoms with Crippen molar-refractivity contribution in [3.8, 4) is 0 Å². The van der Waals surface area contributed by atoms with Gasteiger partial charge >= 0.3 is 6.09 Å². The third kappa shape index (κ3) is 7.24. The van der Waals surface area contributed by atoms with E-state index < -0.39 is 11.2 Å². The van der Waals surface area contributed by atoms with E-state index >= 15 is 0 Å². The topological polar surface area (TPSA) is 65.1 Å². The molecule has 28 heavy (non-hydrogen) atoms. The van der Waals surface area contributed by atoms with Crippen LogP contribution in [0.25, 0.3) is 0 Å². The maximum absolute atomic E-state index is 12.3. The number of ether oxygens (including phenoxy) is 3. The zero-order valence-electron chi connectivity index (χ0n) is 17.5. The van der Waals surface area contributed by atoms with Crippen LogP contribution in [-0.4, -0.2) is 48.4 Å². The Labute approximate surface area is 168 Å². The van der Waals surface area contributed by atoms with Crippen molar-refractivity contribution in [3.05, 3.63) is 35.9 Å². The molecular weight excluding hydrogens is 358 g/mol. The van der Waals surface area contributed by atoms with Crippen LogP contribution in [-0.2, 0) is 25.6 Å². The average Bonchev–Trinajstić information content (AvgIpc) is 2.65. The highest BCUT2D eigenvalue weighted by Crippen LogP contribution is 2.33. The number of hydrogen-bond donors (Lipinski definition) is 0. The summed E-state index contributed by atoms with van der Waals surface area (Å²) in [4.78, 5) is 25.2. The number of likely N-dealkylation sites (tertiary alicyclic amines) is 1. The highest BCUT2D eigenvalue weighted by molar-refractivity contribution is 5.68. The molecule has 1 atom stereocenters. The Kier molecular flexibility index (Phi) is 8.01. The Bertz CT molecular complexity index is 618. The lowest BCUT2D eigenvalue weighted by atomic mass is 9.83. The third-order valence-corrected chi connectivity index (χ3v) is 4.81. The zero-order chi connectivity index (χ0) is 20.6. The summed E-state index contributed by atoms with van der Waals surface area (Å²) in [6.07, 6.45) is 2.58. The van der Waals surface area contributed by atoms with Gasteiger partial charge < -0.3 is 23.9 Å². The van der Waals surface area contributed by atoms with E-state index in [1.807, 2.05) is 58.0 Å². The Morgan fingerprint density at radius 1 is 1.21 bits per heavy atom. The summed E-state index contributed by atoms with van der Waals surface area (Å²) in [6.45, 7) is 9.19. The first kappa shape index (κ1) is 22.4. The van der Waals surface area contributed by atoms with Gasteiger partial charge in [-0.05, 0) is 45.6 Å². The van der Waals surface area contributed by atoms with E-state index in [0.29, 0.717) is 39.0 Å². The summed E-state index contributed by atoms with van der Waals surface area (Å²) in [7, 11) is 0. The van der Waals surface area contributed by atoms with E-state index in [-0.39, 0.29) is 18.8 Å². The van der Waals surface area contributed by atoms with Crippen LogP contribution >= 0.6 is 0 Å². The summed E-state index contributed by atoms with van der Waals surface area (Å²) < 4.78 is 17.3. The molecule has 0 aromatic heterocycles. The van der Waals surface area contributed by atoms with Gasteiger partial charge in [0.05, 0.1) is 12.2 Å². The second kappa shape index (κ2) is 10.0. The fourth-order valence-corrected chi connectivity index (χ4v) is 3.37. The predicted octanol–water partition coefficient (Wildman–Crippen LogP) is 4.17. The van der Waals surface area contributed by atoms with Crippen molar-refractivity contribution in [2.45, 2.75) is 64.8 Å². The molecule has 0 N–H and O–H groups in total. The largest absolute Gasteiger partial charge is 0.444 e. The smallest absolute Gasteiger partial charge is 0.410 e. The fraction of sp³-hybridized carbons (Fsp3) is 0.636. The second-order valence-electron chi connectivity index (χ2n) is 8.56. The van der Waals surface area contributed by atoms with Crippen molar-refractivity contribution in [1.82, 2.24) is 4.90 Å². The van der Waals surface area contributed by atoms with Crippen molar-refractivity contribution >= 4 is 12.4 Å². The fourth-order valence-electron chi connectivity index (χ4n) is 3.37. The number of amides is 1. The Morgan fingerprint density at radius 2 is 1.86 bits per heavy atom. The van der Waals surface area contributed by atoms with Crippen LogP contribution in [0, 0.1) is 5.92 Å². The van der Waals surface area contributed by atoms with E-state index in [4.69, 9.17) is 14.2 Å². The maximum Gasteiger partial charge on any atom is 0.410 e. The Morgan fingerprint density at radius 3 is 2.43 bits per heavy atom. The van der Waals surface area contributed by atoms with Crippen molar-refractivity contribution in [1.29, 1.82) is 0 Å². The van der Waals surface area contributed by atoms with Crippen molar-refractivity contribution in [2.24, 2.45) is 5.92 Å². The molecule has 0 spiro atoms. The number of aldehydes is 1. The molecule has 6 nitrogen and oxygen atoms in total. The van der Waals surface area contributed by atoms with Gasteiger partial charge in [0, 0.05) is 19.0 Å². The van der Waals surface area contributed by atoms with Crippen LogP contribution in [0.3, 0.4) is 0 Å². The molecule has 1 fully saturated rings. The summed E-state index contributed by atoms with van der Waals surface area (Å²) in [6, 6.07) is 9.92. The number of benzene rings is 1. The molecule has 0 bridgehead atoms. The molecule has 156 valence electrons. The van der Waals surface area contributed by atoms with Gasteiger partial charge in [-0.25, -0.2) is 4.79 Å². The Hall–Kier alpha value is -1.92. The molecule has 1 heterocycles. The minimum absolute atomic E-state index is 0.109. The molecule has 1 aromatic carbocycles. The molecule has 0 saturated carbocycles. The van der Waals surface area contributed by atoms with Gasteiger partial charge in [0.1, 0.15) is 18.7 Å². The molecule has 0 radical (unpaired) electrons. The van der Waals surface area contributed by atoms with E-state index in [9.17, 15) is 9.59 Å². The van der Waals surface area contributed by atoms with Gasteiger partial charge in [-0.15, -0.1) is 0 Å². The summed E-state index contributed by atoms with van der Waals surface area (Å²) in [5.74, 6) is -0.109. The number of rotatable bonds is 8. The van der Waals surface area contributed by atoms with Gasteiger partial charge in [-0.2, -0.15) is 0 Å². The number of piperidine rings is 1. The number of hydrogen-bond acceptors (Lipinski definition) is 5. The molecular formula is C22H33NO5. The van der Waals surface area contributed by atoms with Crippen molar-refractivity contribution in [2.75, 3.05) is 19.9 Å². The highest BCUT2D eigenvalue weighted by atomic mass is 16.7. The predicted molar refractivity (Wildman–Crippen MR) is 107 cm³/mol.